The van der Waals surface area contributed by atoms with Crippen molar-refractivity contribution in [2.45, 2.75) is 19.9 Å². The smallest absolute Gasteiger partial charge is 0.278 e. The second-order valence-electron chi connectivity index (χ2n) is 4.93. The first-order chi connectivity index (χ1) is 9.43. The molecule has 0 bridgehead atoms. The van der Waals surface area contributed by atoms with E-state index in [-0.39, 0.29) is 36.4 Å². The highest BCUT2D eigenvalue weighted by Gasteiger charge is 2.29. The molecule has 1 aliphatic rings. The van der Waals surface area contributed by atoms with Gasteiger partial charge in [-0.1, -0.05) is 24.3 Å². The Morgan fingerprint density at radius 2 is 1.71 bits per heavy atom. The quantitative estimate of drug-likeness (QED) is 0.629. The first-order valence-electron chi connectivity index (χ1n) is 6.42. The first-order valence-corrected chi connectivity index (χ1v) is 6.42. The topological polar surface area (TPSA) is 90.9 Å². The van der Waals surface area contributed by atoms with Crippen molar-refractivity contribution >= 4 is 17.5 Å². The number of Topliss-reactive ketones (excluding diaryl/α,β-unsaturated/α-hetero) is 2. The Kier molecular flexibility index (Phi) is 5.41. The van der Waals surface area contributed by atoms with Crippen molar-refractivity contribution < 1.29 is 32.5 Å². The SMILES string of the molecule is CC1=C(CNC(=O)C(C)[NH3+])C(=O)c2ccccc2C1=O.[Cl-]. The van der Waals surface area contributed by atoms with Crippen LogP contribution in [-0.4, -0.2) is 30.1 Å². The van der Waals surface area contributed by atoms with Crippen molar-refractivity contribution in [3.8, 4) is 0 Å². The van der Waals surface area contributed by atoms with Gasteiger partial charge >= 0.3 is 0 Å². The molecule has 5 nitrogen and oxygen atoms in total. The molecule has 21 heavy (non-hydrogen) atoms. The van der Waals surface area contributed by atoms with E-state index in [0.29, 0.717) is 22.3 Å². The predicted octanol–water partition coefficient (Wildman–Crippen LogP) is -2.87. The number of rotatable bonds is 3. The van der Waals surface area contributed by atoms with Crippen LogP contribution in [-0.2, 0) is 4.79 Å². The summed E-state index contributed by atoms with van der Waals surface area (Å²) in [5.41, 5.74) is 5.18. The van der Waals surface area contributed by atoms with Crippen molar-refractivity contribution in [3.63, 3.8) is 0 Å². The molecule has 0 saturated heterocycles. The zero-order valence-electron chi connectivity index (χ0n) is 11.9. The molecule has 0 radical (unpaired) electrons. The molecule has 1 aromatic carbocycles. The molecule has 0 spiro atoms. The van der Waals surface area contributed by atoms with E-state index in [2.05, 4.69) is 11.1 Å². The van der Waals surface area contributed by atoms with Gasteiger partial charge in [0.2, 0.25) is 0 Å². The molecule has 0 aromatic heterocycles. The summed E-state index contributed by atoms with van der Waals surface area (Å²) >= 11 is 0. The largest absolute Gasteiger partial charge is 1.00 e. The molecule has 1 amide bonds. The summed E-state index contributed by atoms with van der Waals surface area (Å²) in [6, 6.07) is 6.32. The number of hydrogen-bond acceptors (Lipinski definition) is 3. The van der Waals surface area contributed by atoms with Gasteiger partial charge in [0, 0.05) is 28.8 Å². The van der Waals surface area contributed by atoms with Gasteiger partial charge in [-0.15, -0.1) is 0 Å². The lowest BCUT2D eigenvalue weighted by atomic mass is 9.84. The Morgan fingerprint density at radius 1 is 1.19 bits per heavy atom. The summed E-state index contributed by atoms with van der Waals surface area (Å²) in [7, 11) is 0. The summed E-state index contributed by atoms with van der Waals surface area (Å²) in [5, 5.41) is 2.63. The molecule has 0 fully saturated rings. The van der Waals surface area contributed by atoms with Crippen LogP contribution in [0.3, 0.4) is 0 Å². The second-order valence-corrected chi connectivity index (χ2v) is 4.93. The molecular formula is C15H17ClN2O3. The van der Waals surface area contributed by atoms with E-state index in [4.69, 9.17) is 0 Å². The molecule has 1 unspecified atom stereocenters. The Hall–Kier alpha value is -1.98. The number of nitrogens with one attached hydrogen (secondary N) is 1. The summed E-state index contributed by atoms with van der Waals surface area (Å²) in [6.45, 7) is 3.34. The number of amides is 1. The minimum atomic E-state index is -0.405. The Labute approximate surface area is 129 Å². The third-order valence-corrected chi connectivity index (χ3v) is 3.37. The number of quaternary nitrogens is 1. The lowest BCUT2D eigenvalue weighted by Gasteiger charge is -2.19. The van der Waals surface area contributed by atoms with Crippen molar-refractivity contribution in [3.05, 3.63) is 46.5 Å². The fraction of sp³-hybridized carbons (Fsp3) is 0.267. The number of hydrogen-bond donors (Lipinski definition) is 2. The molecule has 0 aliphatic heterocycles. The fourth-order valence-electron chi connectivity index (χ4n) is 2.11. The standard InChI is InChI=1S/C15H16N2O3.ClH/c1-8-12(7-17-15(20)9(2)16)14(19)11-6-4-3-5-10(11)13(8)18;/h3-6,9H,7,16H2,1-2H3,(H,17,20);1H. The Morgan fingerprint density at radius 3 is 2.24 bits per heavy atom. The van der Waals surface area contributed by atoms with E-state index >= 15 is 0 Å². The Balaban J connectivity index is 0.00000220. The van der Waals surface area contributed by atoms with E-state index in [1.165, 1.54) is 0 Å². The van der Waals surface area contributed by atoms with Gasteiger partial charge in [0.05, 0.1) is 0 Å². The average Bonchev–Trinajstić information content (AvgIpc) is 2.44. The number of carbonyl (C=O) groups excluding carboxylic acids is 3. The monoisotopic (exact) mass is 308 g/mol. The zero-order chi connectivity index (χ0) is 14.9. The van der Waals surface area contributed by atoms with Crippen LogP contribution >= 0.6 is 0 Å². The van der Waals surface area contributed by atoms with Crippen LogP contribution in [0.2, 0.25) is 0 Å². The van der Waals surface area contributed by atoms with Crippen LogP contribution in [0.15, 0.2) is 35.4 Å². The van der Waals surface area contributed by atoms with Crippen LogP contribution in [0.25, 0.3) is 0 Å². The van der Waals surface area contributed by atoms with Gasteiger partial charge in [0.1, 0.15) is 0 Å². The molecular weight excluding hydrogens is 292 g/mol. The minimum absolute atomic E-state index is 0. The van der Waals surface area contributed by atoms with Gasteiger partial charge in [-0.25, -0.2) is 0 Å². The molecule has 112 valence electrons. The number of ketones is 2. The molecule has 6 heteroatoms. The van der Waals surface area contributed by atoms with E-state index in [9.17, 15) is 14.4 Å². The predicted molar refractivity (Wildman–Crippen MR) is 73.2 cm³/mol. The molecule has 1 aromatic rings. The molecule has 0 heterocycles. The van der Waals surface area contributed by atoms with Crippen molar-refractivity contribution in [2.75, 3.05) is 6.54 Å². The number of carbonyl (C=O) groups is 3. The number of allylic oxidation sites excluding steroid dienone is 1. The number of benzene rings is 1. The zero-order valence-corrected chi connectivity index (χ0v) is 12.7. The highest BCUT2D eigenvalue weighted by molar-refractivity contribution is 6.26. The molecule has 1 aliphatic carbocycles. The first kappa shape index (κ1) is 17.1. The molecule has 0 saturated carbocycles. The maximum Gasteiger partial charge on any atom is 0.278 e. The van der Waals surface area contributed by atoms with Gasteiger partial charge in [0.25, 0.3) is 5.91 Å². The highest BCUT2D eigenvalue weighted by atomic mass is 35.5. The summed E-state index contributed by atoms with van der Waals surface area (Å²) in [6.07, 6.45) is 0. The Bertz CT molecular complexity index is 636. The van der Waals surface area contributed by atoms with Gasteiger partial charge in [-0.05, 0) is 13.8 Å². The summed E-state index contributed by atoms with van der Waals surface area (Å²) in [4.78, 5) is 36.1. The second kappa shape index (κ2) is 6.65. The lowest BCUT2D eigenvalue weighted by molar-refractivity contribution is -0.398. The van der Waals surface area contributed by atoms with Crippen molar-refractivity contribution in [2.24, 2.45) is 0 Å². The third kappa shape index (κ3) is 3.20. The van der Waals surface area contributed by atoms with Crippen LogP contribution in [0.1, 0.15) is 34.6 Å². The van der Waals surface area contributed by atoms with Crippen molar-refractivity contribution in [1.29, 1.82) is 0 Å². The van der Waals surface area contributed by atoms with Gasteiger partial charge in [-0.3, -0.25) is 14.4 Å². The fourth-order valence-corrected chi connectivity index (χ4v) is 2.11. The van der Waals surface area contributed by atoms with E-state index in [0.717, 1.165) is 0 Å². The highest BCUT2D eigenvalue weighted by Crippen LogP contribution is 2.25. The van der Waals surface area contributed by atoms with E-state index in [1.807, 2.05) is 0 Å². The van der Waals surface area contributed by atoms with Crippen LogP contribution in [0.4, 0.5) is 0 Å². The molecule has 2 rings (SSSR count). The van der Waals surface area contributed by atoms with Gasteiger partial charge in [0.15, 0.2) is 17.6 Å². The number of fused-ring (bicyclic) bond motifs is 1. The third-order valence-electron chi connectivity index (χ3n) is 3.37. The maximum absolute atomic E-state index is 12.4. The lowest BCUT2D eigenvalue weighted by Crippen LogP contribution is -3.00. The normalized spacial score (nSPS) is 15.2. The average molecular weight is 309 g/mol. The molecule has 1 atom stereocenters. The van der Waals surface area contributed by atoms with Crippen LogP contribution < -0.4 is 23.5 Å². The van der Waals surface area contributed by atoms with Crippen LogP contribution in [0.5, 0.6) is 0 Å². The van der Waals surface area contributed by atoms with Crippen molar-refractivity contribution in [1.82, 2.24) is 5.32 Å². The minimum Gasteiger partial charge on any atom is -1.00 e. The molecule has 4 N–H and O–H groups in total. The summed E-state index contributed by atoms with van der Waals surface area (Å²) < 4.78 is 0. The summed E-state index contributed by atoms with van der Waals surface area (Å²) in [5.74, 6) is -0.605. The number of halogens is 1. The van der Waals surface area contributed by atoms with Crippen LogP contribution in [0, 0.1) is 0 Å². The van der Waals surface area contributed by atoms with E-state index in [1.54, 1.807) is 38.1 Å². The van der Waals surface area contributed by atoms with E-state index < -0.39 is 6.04 Å². The van der Waals surface area contributed by atoms with Gasteiger partial charge < -0.3 is 23.5 Å². The maximum atomic E-state index is 12.4. The van der Waals surface area contributed by atoms with Gasteiger partial charge in [-0.2, -0.15) is 0 Å².